The van der Waals surface area contributed by atoms with Crippen LogP contribution in [-0.2, 0) is 13.3 Å². The number of nitrogens with one attached hydrogen (secondary N) is 1. The second kappa shape index (κ2) is 9.17. The van der Waals surface area contributed by atoms with E-state index in [4.69, 9.17) is 13.3 Å². The van der Waals surface area contributed by atoms with Crippen molar-refractivity contribution in [3.63, 3.8) is 0 Å². The first-order valence-corrected chi connectivity index (χ1v) is 10.4. The van der Waals surface area contributed by atoms with Gasteiger partial charge in [-0.2, -0.15) is 0 Å². The third-order valence-corrected chi connectivity index (χ3v) is 7.10. The summed E-state index contributed by atoms with van der Waals surface area (Å²) in [5, 5.41) is 3.15. The number of carbonyl (C=O) groups excluding carboxylic acids is 1. The predicted octanol–water partition coefficient (Wildman–Crippen LogP) is 2.95. The standard InChI is InChI=1S/C17H28N2O4Si/c1-21-24(22-2,23-3)14-19(16-12-8-5-9-13-16)17(20)18-15-10-6-4-7-11-15/h5,8-9,12-13,15H,4,6-7,10-11,14H2,1-3H3,(H,18,20). The van der Waals surface area contributed by atoms with Gasteiger partial charge in [0, 0.05) is 33.1 Å². The van der Waals surface area contributed by atoms with E-state index in [9.17, 15) is 4.79 Å². The Morgan fingerprint density at radius 1 is 1.08 bits per heavy atom. The number of carbonyl (C=O) groups is 1. The highest BCUT2D eigenvalue weighted by Gasteiger charge is 2.42. The molecular formula is C17H28N2O4Si. The van der Waals surface area contributed by atoms with E-state index in [1.807, 2.05) is 30.3 Å². The van der Waals surface area contributed by atoms with Crippen molar-refractivity contribution in [1.29, 1.82) is 0 Å². The summed E-state index contributed by atoms with van der Waals surface area (Å²) in [6, 6.07) is 9.66. The number of nitrogens with zero attached hydrogens (tertiary/aromatic N) is 1. The van der Waals surface area contributed by atoms with Crippen molar-refractivity contribution in [2.75, 3.05) is 32.4 Å². The fraction of sp³-hybridized carbons (Fsp3) is 0.588. The van der Waals surface area contributed by atoms with Gasteiger partial charge in [0.15, 0.2) is 0 Å². The maximum absolute atomic E-state index is 12.9. The molecule has 0 spiro atoms. The zero-order valence-electron chi connectivity index (χ0n) is 14.8. The van der Waals surface area contributed by atoms with Gasteiger partial charge in [-0.25, -0.2) is 4.79 Å². The molecule has 1 aromatic rings. The fourth-order valence-electron chi connectivity index (χ4n) is 3.03. The summed E-state index contributed by atoms with van der Waals surface area (Å²) in [6.45, 7) is 0. The number of anilines is 1. The van der Waals surface area contributed by atoms with Crippen LogP contribution in [0.4, 0.5) is 10.5 Å². The van der Waals surface area contributed by atoms with E-state index in [-0.39, 0.29) is 18.2 Å². The molecule has 0 unspecified atom stereocenters. The minimum atomic E-state index is -2.93. The molecule has 1 N–H and O–H groups in total. The van der Waals surface area contributed by atoms with E-state index in [1.54, 1.807) is 26.2 Å². The maximum atomic E-state index is 12.9. The van der Waals surface area contributed by atoms with Crippen LogP contribution in [0.5, 0.6) is 0 Å². The maximum Gasteiger partial charge on any atom is 0.521 e. The quantitative estimate of drug-likeness (QED) is 0.767. The molecule has 1 aliphatic rings. The normalized spacial score (nSPS) is 16.0. The molecule has 0 heterocycles. The summed E-state index contributed by atoms with van der Waals surface area (Å²) in [6.07, 6.45) is 5.93. The van der Waals surface area contributed by atoms with Gasteiger partial charge in [-0.05, 0) is 25.0 Å². The topological polar surface area (TPSA) is 60.0 Å². The Bertz CT molecular complexity index is 496. The highest BCUT2D eigenvalue weighted by Crippen LogP contribution is 2.21. The molecule has 6 nitrogen and oxygen atoms in total. The first-order valence-electron chi connectivity index (χ1n) is 8.42. The lowest BCUT2D eigenvalue weighted by Gasteiger charge is -2.33. The molecule has 0 saturated heterocycles. The van der Waals surface area contributed by atoms with Gasteiger partial charge in [-0.3, -0.25) is 4.90 Å². The minimum Gasteiger partial charge on any atom is -0.376 e. The van der Waals surface area contributed by atoms with Gasteiger partial charge in [0.1, 0.15) is 0 Å². The molecule has 0 aliphatic heterocycles. The largest absolute Gasteiger partial charge is 0.521 e. The van der Waals surface area contributed by atoms with Crippen molar-refractivity contribution in [2.24, 2.45) is 0 Å². The van der Waals surface area contributed by atoms with Crippen LogP contribution < -0.4 is 10.2 Å². The van der Waals surface area contributed by atoms with Crippen LogP contribution in [0.3, 0.4) is 0 Å². The van der Waals surface area contributed by atoms with Gasteiger partial charge in [-0.1, -0.05) is 37.5 Å². The Labute approximate surface area is 145 Å². The molecule has 2 rings (SSSR count). The van der Waals surface area contributed by atoms with Crippen LogP contribution in [0.2, 0.25) is 0 Å². The first-order chi connectivity index (χ1) is 11.6. The molecule has 0 atom stereocenters. The second-order valence-electron chi connectivity index (χ2n) is 6.00. The molecule has 1 aromatic carbocycles. The lowest BCUT2D eigenvalue weighted by Crippen LogP contribution is -2.57. The lowest BCUT2D eigenvalue weighted by atomic mass is 9.96. The molecule has 134 valence electrons. The summed E-state index contributed by atoms with van der Waals surface area (Å²) >= 11 is 0. The van der Waals surface area contributed by atoms with Crippen molar-refractivity contribution in [2.45, 2.75) is 38.1 Å². The Kier molecular flexibility index (Phi) is 7.23. The average molecular weight is 353 g/mol. The van der Waals surface area contributed by atoms with Crippen molar-refractivity contribution in [3.8, 4) is 0 Å². The summed E-state index contributed by atoms with van der Waals surface area (Å²) in [5.74, 6) is 0. The predicted molar refractivity (Wildman–Crippen MR) is 96.0 cm³/mol. The molecule has 0 bridgehead atoms. The van der Waals surface area contributed by atoms with Crippen molar-refractivity contribution in [1.82, 2.24) is 5.32 Å². The summed E-state index contributed by atoms with van der Waals surface area (Å²) in [5.41, 5.74) is 0.800. The summed E-state index contributed by atoms with van der Waals surface area (Å²) in [4.78, 5) is 14.6. The smallest absolute Gasteiger partial charge is 0.376 e. The van der Waals surface area contributed by atoms with Crippen molar-refractivity contribution >= 4 is 20.5 Å². The number of para-hydroxylation sites is 1. The van der Waals surface area contributed by atoms with Crippen LogP contribution in [0.15, 0.2) is 30.3 Å². The zero-order valence-corrected chi connectivity index (χ0v) is 15.8. The molecule has 1 fully saturated rings. The summed E-state index contributed by atoms with van der Waals surface area (Å²) < 4.78 is 16.5. The van der Waals surface area contributed by atoms with E-state index < -0.39 is 8.80 Å². The third kappa shape index (κ3) is 4.79. The Hall–Kier alpha value is -1.41. The molecule has 2 amide bonds. The monoisotopic (exact) mass is 352 g/mol. The van der Waals surface area contributed by atoms with Crippen molar-refractivity contribution < 1.29 is 18.1 Å². The van der Waals surface area contributed by atoms with E-state index >= 15 is 0 Å². The van der Waals surface area contributed by atoms with E-state index in [0.29, 0.717) is 0 Å². The number of benzene rings is 1. The van der Waals surface area contributed by atoms with E-state index in [0.717, 1.165) is 18.5 Å². The lowest BCUT2D eigenvalue weighted by molar-refractivity contribution is 0.124. The Morgan fingerprint density at radius 2 is 1.67 bits per heavy atom. The van der Waals surface area contributed by atoms with E-state index in [2.05, 4.69) is 5.32 Å². The second-order valence-corrected chi connectivity index (χ2v) is 8.91. The van der Waals surface area contributed by atoms with Crippen LogP contribution in [0, 0.1) is 0 Å². The van der Waals surface area contributed by atoms with E-state index in [1.165, 1.54) is 19.3 Å². The molecule has 0 aromatic heterocycles. The third-order valence-electron chi connectivity index (χ3n) is 4.53. The molecule has 1 saturated carbocycles. The summed E-state index contributed by atoms with van der Waals surface area (Å²) in [7, 11) is 1.74. The van der Waals surface area contributed by atoms with Gasteiger partial charge in [-0.15, -0.1) is 0 Å². The Balaban J connectivity index is 2.17. The van der Waals surface area contributed by atoms with Gasteiger partial charge < -0.3 is 18.6 Å². The molecule has 24 heavy (non-hydrogen) atoms. The SMILES string of the molecule is CO[Si](CN(C(=O)NC1CCCCC1)c1ccccc1)(OC)OC. The van der Waals surface area contributed by atoms with Gasteiger partial charge in [0.05, 0.1) is 6.17 Å². The fourth-order valence-corrected chi connectivity index (χ4v) is 4.63. The van der Waals surface area contributed by atoms with Gasteiger partial charge in [0.2, 0.25) is 0 Å². The highest BCUT2D eigenvalue weighted by atomic mass is 28.4. The number of amides is 2. The Morgan fingerprint density at radius 3 is 2.21 bits per heavy atom. The molecular weight excluding hydrogens is 324 g/mol. The number of rotatable bonds is 7. The van der Waals surface area contributed by atoms with Crippen LogP contribution >= 0.6 is 0 Å². The minimum absolute atomic E-state index is 0.129. The van der Waals surface area contributed by atoms with Crippen LogP contribution in [0.1, 0.15) is 32.1 Å². The number of urea groups is 1. The average Bonchev–Trinajstić information content (AvgIpc) is 2.65. The van der Waals surface area contributed by atoms with Crippen LogP contribution in [-0.4, -0.2) is 48.4 Å². The zero-order chi connectivity index (χ0) is 17.4. The number of hydrogen-bond donors (Lipinski definition) is 1. The van der Waals surface area contributed by atoms with Crippen molar-refractivity contribution in [3.05, 3.63) is 30.3 Å². The van der Waals surface area contributed by atoms with Gasteiger partial charge in [0.25, 0.3) is 0 Å². The highest BCUT2D eigenvalue weighted by molar-refractivity contribution is 6.61. The number of hydrogen-bond acceptors (Lipinski definition) is 4. The van der Waals surface area contributed by atoms with Crippen LogP contribution in [0.25, 0.3) is 0 Å². The molecule has 7 heteroatoms. The molecule has 0 radical (unpaired) electrons. The first kappa shape index (κ1) is 18.9. The van der Waals surface area contributed by atoms with Gasteiger partial charge >= 0.3 is 14.8 Å². The molecule has 1 aliphatic carbocycles.